The Morgan fingerprint density at radius 3 is 2.28 bits per heavy atom. The van der Waals surface area contributed by atoms with Crippen LogP contribution in [0.25, 0.3) is 0 Å². The van der Waals surface area contributed by atoms with Crippen LogP contribution in [0, 0.1) is 0 Å². The summed E-state index contributed by atoms with van der Waals surface area (Å²) >= 11 is 4.32. The highest BCUT2D eigenvalue weighted by Gasteiger charge is 2.21. The molecule has 0 saturated carbocycles. The van der Waals surface area contributed by atoms with Crippen LogP contribution in [0.15, 0.2) is 15.9 Å². The molecule has 0 saturated heterocycles. The van der Waals surface area contributed by atoms with Gasteiger partial charge in [-0.1, -0.05) is 0 Å². The molecule has 1 aromatic heterocycles. The first-order valence-electron chi connectivity index (χ1n) is 4.76. The molecule has 102 valence electrons. The lowest BCUT2D eigenvalue weighted by atomic mass is 10.4. The Hall–Kier alpha value is -0.250. The number of thiophene rings is 1. The van der Waals surface area contributed by atoms with Crippen molar-refractivity contribution in [1.82, 2.24) is 0 Å². The van der Waals surface area contributed by atoms with Gasteiger partial charge in [-0.25, -0.2) is 16.8 Å². The zero-order valence-corrected chi connectivity index (χ0v) is 13.5. The summed E-state index contributed by atoms with van der Waals surface area (Å²) in [6, 6.07) is 3.18. The van der Waals surface area contributed by atoms with E-state index >= 15 is 0 Å². The van der Waals surface area contributed by atoms with E-state index in [1.807, 2.05) is 0 Å². The number of sulfone groups is 2. The van der Waals surface area contributed by atoms with Gasteiger partial charge in [-0.2, -0.15) is 0 Å². The van der Waals surface area contributed by atoms with Crippen molar-refractivity contribution >= 4 is 52.7 Å². The highest BCUT2D eigenvalue weighted by atomic mass is 79.9. The average molecular weight is 375 g/mol. The standard InChI is InChI=1S/C9H11BrO5S3/c1-17(12,13)4-5-18(14,15)6-7(11)8-2-3-9(10)16-8/h2-3H,4-6H2,1H3. The molecule has 5 nitrogen and oxygen atoms in total. The largest absolute Gasteiger partial charge is 0.292 e. The van der Waals surface area contributed by atoms with E-state index in [0.29, 0.717) is 4.88 Å². The molecule has 0 fully saturated rings. The zero-order chi connectivity index (χ0) is 14.0. The van der Waals surface area contributed by atoms with E-state index in [1.165, 1.54) is 6.07 Å². The van der Waals surface area contributed by atoms with Crippen LogP contribution in [-0.4, -0.2) is 46.1 Å². The fourth-order valence-corrected chi connectivity index (χ4v) is 5.43. The van der Waals surface area contributed by atoms with Gasteiger partial charge in [0.2, 0.25) is 0 Å². The van der Waals surface area contributed by atoms with Gasteiger partial charge < -0.3 is 0 Å². The maximum atomic E-state index is 11.7. The van der Waals surface area contributed by atoms with E-state index in [4.69, 9.17) is 0 Å². The van der Waals surface area contributed by atoms with E-state index in [2.05, 4.69) is 15.9 Å². The lowest BCUT2D eigenvalue weighted by molar-refractivity contribution is 0.102. The van der Waals surface area contributed by atoms with Gasteiger partial charge in [-0.15, -0.1) is 11.3 Å². The van der Waals surface area contributed by atoms with Gasteiger partial charge in [0.1, 0.15) is 15.6 Å². The van der Waals surface area contributed by atoms with Crippen molar-refractivity contribution in [3.8, 4) is 0 Å². The number of rotatable bonds is 6. The summed E-state index contributed by atoms with van der Waals surface area (Å²) in [4.78, 5) is 12.0. The summed E-state index contributed by atoms with van der Waals surface area (Å²) < 4.78 is 45.7. The third kappa shape index (κ3) is 5.59. The molecule has 0 amide bonds. The molecule has 0 radical (unpaired) electrons. The predicted octanol–water partition coefficient (Wildman–Crippen LogP) is 1.15. The molecule has 0 atom stereocenters. The molecular formula is C9H11BrO5S3. The normalized spacial score (nSPS) is 12.6. The van der Waals surface area contributed by atoms with Crippen LogP contribution in [0.1, 0.15) is 9.67 Å². The van der Waals surface area contributed by atoms with E-state index < -0.39 is 42.7 Å². The molecule has 18 heavy (non-hydrogen) atoms. The van der Waals surface area contributed by atoms with Crippen molar-refractivity contribution in [2.24, 2.45) is 0 Å². The highest BCUT2D eigenvalue weighted by Crippen LogP contribution is 2.22. The molecule has 0 aliphatic heterocycles. The van der Waals surface area contributed by atoms with Gasteiger partial charge in [0.25, 0.3) is 0 Å². The predicted molar refractivity (Wildman–Crippen MR) is 74.7 cm³/mol. The van der Waals surface area contributed by atoms with E-state index in [-0.39, 0.29) is 0 Å². The smallest absolute Gasteiger partial charge is 0.187 e. The summed E-state index contributed by atoms with van der Waals surface area (Å²) in [5, 5.41) is 0. The second-order valence-corrected chi connectivity index (χ2v) is 10.7. The van der Waals surface area contributed by atoms with Crippen molar-refractivity contribution in [2.75, 3.05) is 23.5 Å². The van der Waals surface area contributed by atoms with Crippen LogP contribution in [0.4, 0.5) is 0 Å². The van der Waals surface area contributed by atoms with Gasteiger partial charge in [-0.3, -0.25) is 4.79 Å². The molecule has 9 heteroatoms. The Labute approximate surface area is 118 Å². The van der Waals surface area contributed by atoms with Crippen molar-refractivity contribution in [3.05, 3.63) is 20.8 Å². The summed E-state index contributed by atoms with van der Waals surface area (Å²) in [5.41, 5.74) is 0. The third-order valence-corrected chi connectivity index (χ3v) is 6.36. The minimum absolute atomic E-state index is 0.338. The molecule has 0 aliphatic rings. The lowest BCUT2D eigenvalue weighted by Crippen LogP contribution is -2.23. The van der Waals surface area contributed by atoms with Gasteiger partial charge in [-0.05, 0) is 28.1 Å². The van der Waals surface area contributed by atoms with Crippen LogP contribution in [0.2, 0.25) is 0 Å². The summed E-state index contributed by atoms with van der Waals surface area (Å²) in [7, 11) is -7.04. The molecular weight excluding hydrogens is 364 g/mol. The molecule has 0 bridgehead atoms. The van der Waals surface area contributed by atoms with Crippen molar-refractivity contribution < 1.29 is 21.6 Å². The van der Waals surface area contributed by atoms with Gasteiger partial charge in [0, 0.05) is 6.26 Å². The zero-order valence-electron chi connectivity index (χ0n) is 9.42. The number of hydrogen-bond acceptors (Lipinski definition) is 6. The molecule has 1 heterocycles. The summed E-state index contributed by atoms with van der Waals surface area (Å²) in [6.45, 7) is 0. The molecule has 1 rings (SSSR count). The van der Waals surface area contributed by atoms with Crippen molar-refractivity contribution in [1.29, 1.82) is 0 Å². The number of ketones is 1. The van der Waals surface area contributed by atoms with Crippen LogP contribution in [0.3, 0.4) is 0 Å². The maximum absolute atomic E-state index is 11.7. The number of carbonyl (C=O) groups excluding carboxylic acids is 1. The van der Waals surface area contributed by atoms with Crippen LogP contribution in [-0.2, 0) is 19.7 Å². The first-order chi connectivity index (χ1) is 8.09. The van der Waals surface area contributed by atoms with Gasteiger partial charge >= 0.3 is 0 Å². The van der Waals surface area contributed by atoms with Gasteiger partial charge in [0.05, 0.1) is 20.2 Å². The minimum atomic E-state index is -3.69. The van der Waals surface area contributed by atoms with Crippen LogP contribution < -0.4 is 0 Å². The van der Waals surface area contributed by atoms with Crippen molar-refractivity contribution in [2.45, 2.75) is 0 Å². The molecule has 0 spiro atoms. The lowest BCUT2D eigenvalue weighted by Gasteiger charge is -2.01. The number of hydrogen-bond donors (Lipinski definition) is 0. The Balaban J connectivity index is 2.69. The first-order valence-corrected chi connectivity index (χ1v) is 10.2. The topological polar surface area (TPSA) is 85.3 Å². The number of Topliss-reactive ketones (excluding diaryl/α,β-unsaturated/α-hetero) is 1. The Bertz CT molecular complexity index is 641. The fourth-order valence-electron chi connectivity index (χ4n) is 1.09. The number of halogens is 1. The Kier molecular flexibility index (Phi) is 5.10. The summed E-state index contributed by atoms with van der Waals surface area (Å²) in [6.07, 6.45) is 0.959. The van der Waals surface area contributed by atoms with Crippen molar-refractivity contribution in [3.63, 3.8) is 0 Å². The second-order valence-electron chi connectivity index (χ2n) is 3.75. The summed E-state index contributed by atoms with van der Waals surface area (Å²) in [5.74, 6) is -2.16. The molecule has 1 aromatic rings. The highest BCUT2D eigenvalue weighted by molar-refractivity contribution is 9.11. The molecule has 0 aliphatic carbocycles. The third-order valence-electron chi connectivity index (χ3n) is 1.96. The molecule has 0 N–H and O–H groups in total. The number of carbonyl (C=O) groups is 1. The van der Waals surface area contributed by atoms with E-state index in [1.54, 1.807) is 6.07 Å². The Morgan fingerprint density at radius 1 is 1.22 bits per heavy atom. The molecule has 0 unspecified atom stereocenters. The van der Waals surface area contributed by atoms with Crippen LogP contribution in [0.5, 0.6) is 0 Å². The minimum Gasteiger partial charge on any atom is -0.292 e. The van der Waals surface area contributed by atoms with E-state index in [0.717, 1.165) is 21.4 Å². The van der Waals surface area contributed by atoms with Crippen LogP contribution >= 0.6 is 27.3 Å². The molecule has 0 aromatic carbocycles. The quantitative estimate of drug-likeness (QED) is 0.697. The maximum Gasteiger partial charge on any atom is 0.187 e. The van der Waals surface area contributed by atoms with E-state index in [9.17, 15) is 21.6 Å². The first kappa shape index (κ1) is 15.8. The fraction of sp³-hybridized carbons (Fsp3) is 0.444. The average Bonchev–Trinajstić information content (AvgIpc) is 2.61. The van der Waals surface area contributed by atoms with Gasteiger partial charge in [0.15, 0.2) is 15.6 Å². The monoisotopic (exact) mass is 374 g/mol. The Morgan fingerprint density at radius 2 is 1.83 bits per heavy atom. The second kappa shape index (κ2) is 5.81. The SMILES string of the molecule is CS(=O)(=O)CCS(=O)(=O)CC(=O)c1ccc(Br)s1.